The average Bonchev–Trinajstić information content (AvgIpc) is 2.39. The molecule has 6 nitrogen and oxygen atoms in total. The summed E-state index contributed by atoms with van der Waals surface area (Å²) in [5.41, 5.74) is 0.570. The third-order valence-electron chi connectivity index (χ3n) is 3.15. The fraction of sp³-hybridized carbons (Fsp3) is 0.500. The minimum Gasteiger partial charge on any atom is -0.383 e. The van der Waals surface area contributed by atoms with E-state index < -0.39 is 10.0 Å². The van der Waals surface area contributed by atoms with Gasteiger partial charge in [0.2, 0.25) is 10.0 Å². The third-order valence-corrected chi connectivity index (χ3v) is 4.12. The van der Waals surface area contributed by atoms with E-state index in [1.165, 1.54) is 6.07 Å². The topological polar surface area (TPSA) is 87.5 Å². The van der Waals surface area contributed by atoms with Gasteiger partial charge in [0.05, 0.1) is 5.69 Å². The summed E-state index contributed by atoms with van der Waals surface area (Å²) in [6, 6.07) is 6.71. The number of primary sulfonamides is 1. The molecule has 4 N–H and O–H groups in total. The maximum absolute atomic E-state index is 11.4. The first-order valence-corrected chi connectivity index (χ1v) is 7.91. The molecule has 7 heteroatoms. The normalized spacial score (nSPS) is 17.3. The van der Waals surface area contributed by atoms with Crippen molar-refractivity contribution in [3.63, 3.8) is 0 Å². The van der Waals surface area contributed by atoms with Crippen molar-refractivity contribution >= 4 is 15.7 Å². The molecule has 1 aliphatic heterocycles. The van der Waals surface area contributed by atoms with Gasteiger partial charge in [0.15, 0.2) is 0 Å². The van der Waals surface area contributed by atoms with Gasteiger partial charge in [0.1, 0.15) is 4.90 Å². The smallest absolute Gasteiger partial charge is 0.240 e. The Labute approximate surface area is 114 Å². The predicted molar refractivity (Wildman–Crippen MR) is 75.6 cm³/mol. The standard InChI is InChI=1S/C12H20N4O2S/c13-19(17,18)12-4-2-1-3-11(12)15-7-10-16-8-5-14-6-9-16/h1-4,14-15H,5-10H2,(H2,13,17,18). The third kappa shape index (κ3) is 4.17. The molecule has 1 aromatic carbocycles. The number of anilines is 1. The lowest BCUT2D eigenvalue weighted by Gasteiger charge is -2.27. The van der Waals surface area contributed by atoms with Crippen molar-refractivity contribution in [3.05, 3.63) is 24.3 Å². The number of nitrogens with zero attached hydrogens (tertiary/aromatic N) is 1. The lowest BCUT2D eigenvalue weighted by atomic mass is 10.3. The number of para-hydroxylation sites is 1. The molecule has 106 valence electrons. The van der Waals surface area contributed by atoms with Crippen LogP contribution >= 0.6 is 0 Å². The second-order valence-electron chi connectivity index (χ2n) is 4.56. The molecular weight excluding hydrogens is 264 g/mol. The lowest BCUT2D eigenvalue weighted by Crippen LogP contribution is -2.45. The number of nitrogens with two attached hydrogens (primary N) is 1. The van der Waals surface area contributed by atoms with E-state index in [4.69, 9.17) is 5.14 Å². The zero-order chi connectivity index (χ0) is 13.7. The van der Waals surface area contributed by atoms with Gasteiger partial charge in [-0.2, -0.15) is 0 Å². The summed E-state index contributed by atoms with van der Waals surface area (Å²) in [5, 5.41) is 11.6. The Hall–Kier alpha value is -1.15. The van der Waals surface area contributed by atoms with E-state index in [9.17, 15) is 8.42 Å². The van der Waals surface area contributed by atoms with Gasteiger partial charge in [-0.3, -0.25) is 4.90 Å². The fourth-order valence-electron chi connectivity index (χ4n) is 2.14. The van der Waals surface area contributed by atoms with Gasteiger partial charge in [-0.1, -0.05) is 12.1 Å². The van der Waals surface area contributed by atoms with E-state index in [2.05, 4.69) is 15.5 Å². The van der Waals surface area contributed by atoms with E-state index >= 15 is 0 Å². The highest BCUT2D eigenvalue weighted by molar-refractivity contribution is 7.89. The van der Waals surface area contributed by atoms with Crippen LogP contribution in [0.4, 0.5) is 5.69 Å². The molecule has 0 bridgehead atoms. The fourth-order valence-corrected chi connectivity index (χ4v) is 2.86. The Morgan fingerprint density at radius 3 is 2.63 bits per heavy atom. The van der Waals surface area contributed by atoms with Crippen molar-refractivity contribution in [2.75, 3.05) is 44.6 Å². The monoisotopic (exact) mass is 284 g/mol. The number of nitrogens with one attached hydrogen (secondary N) is 2. The van der Waals surface area contributed by atoms with Gasteiger partial charge in [-0.05, 0) is 12.1 Å². The summed E-state index contributed by atoms with van der Waals surface area (Å²) >= 11 is 0. The minimum atomic E-state index is -3.67. The van der Waals surface area contributed by atoms with Gasteiger partial charge in [-0.15, -0.1) is 0 Å². The zero-order valence-electron chi connectivity index (χ0n) is 10.8. The number of sulfonamides is 1. The van der Waals surface area contributed by atoms with Crippen LogP contribution in [-0.4, -0.2) is 52.6 Å². The van der Waals surface area contributed by atoms with E-state index in [0.717, 1.165) is 32.7 Å². The van der Waals surface area contributed by atoms with Crippen molar-refractivity contribution in [1.29, 1.82) is 0 Å². The van der Waals surface area contributed by atoms with Crippen LogP contribution in [0.2, 0.25) is 0 Å². The van der Waals surface area contributed by atoms with Crippen LogP contribution in [-0.2, 0) is 10.0 Å². The Bertz CT molecular complexity index is 512. The first-order valence-electron chi connectivity index (χ1n) is 6.36. The van der Waals surface area contributed by atoms with Gasteiger partial charge in [0, 0.05) is 39.3 Å². The Morgan fingerprint density at radius 2 is 1.95 bits per heavy atom. The van der Waals surface area contributed by atoms with Crippen LogP contribution in [0.1, 0.15) is 0 Å². The number of rotatable bonds is 5. The lowest BCUT2D eigenvalue weighted by molar-refractivity contribution is 0.249. The number of benzene rings is 1. The highest BCUT2D eigenvalue weighted by atomic mass is 32.2. The van der Waals surface area contributed by atoms with Crippen molar-refractivity contribution in [2.24, 2.45) is 5.14 Å². The van der Waals surface area contributed by atoms with Crippen LogP contribution in [0.3, 0.4) is 0 Å². The van der Waals surface area contributed by atoms with Crippen LogP contribution < -0.4 is 15.8 Å². The second-order valence-corrected chi connectivity index (χ2v) is 6.09. The zero-order valence-corrected chi connectivity index (χ0v) is 11.6. The predicted octanol–water partition coefficient (Wildman–Crippen LogP) is -0.349. The SMILES string of the molecule is NS(=O)(=O)c1ccccc1NCCN1CCNCC1. The average molecular weight is 284 g/mol. The molecule has 0 radical (unpaired) electrons. The molecular formula is C12H20N4O2S. The molecule has 0 aromatic heterocycles. The van der Waals surface area contributed by atoms with Crippen molar-refractivity contribution in [2.45, 2.75) is 4.90 Å². The molecule has 2 rings (SSSR count). The molecule has 19 heavy (non-hydrogen) atoms. The molecule has 0 spiro atoms. The van der Waals surface area contributed by atoms with Crippen molar-refractivity contribution in [1.82, 2.24) is 10.2 Å². The number of hydrogen-bond acceptors (Lipinski definition) is 5. The quantitative estimate of drug-likeness (QED) is 0.688. The van der Waals surface area contributed by atoms with Crippen molar-refractivity contribution in [3.8, 4) is 0 Å². The second kappa shape index (κ2) is 6.33. The van der Waals surface area contributed by atoms with Crippen LogP contribution in [0.5, 0.6) is 0 Å². The highest BCUT2D eigenvalue weighted by Crippen LogP contribution is 2.18. The van der Waals surface area contributed by atoms with Gasteiger partial charge < -0.3 is 10.6 Å². The van der Waals surface area contributed by atoms with Gasteiger partial charge in [-0.25, -0.2) is 13.6 Å². The molecule has 1 aromatic rings. The summed E-state index contributed by atoms with van der Waals surface area (Å²) in [4.78, 5) is 2.48. The molecule has 0 amide bonds. The number of piperazine rings is 1. The molecule has 1 aliphatic rings. The molecule has 0 atom stereocenters. The molecule has 0 unspecified atom stereocenters. The first-order chi connectivity index (χ1) is 9.07. The maximum Gasteiger partial charge on any atom is 0.240 e. The van der Waals surface area contributed by atoms with Gasteiger partial charge >= 0.3 is 0 Å². The van der Waals surface area contributed by atoms with Gasteiger partial charge in [0.25, 0.3) is 0 Å². The summed E-state index contributed by atoms with van der Waals surface area (Å²) in [7, 11) is -3.67. The first kappa shape index (κ1) is 14.3. The molecule has 1 heterocycles. The van der Waals surface area contributed by atoms with Crippen molar-refractivity contribution < 1.29 is 8.42 Å². The van der Waals surface area contributed by atoms with Crippen LogP contribution in [0, 0.1) is 0 Å². The maximum atomic E-state index is 11.4. The van der Waals surface area contributed by atoms with E-state index in [1.807, 2.05) is 0 Å². The van der Waals surface area contributed by atoms with E-state index in [-0.39, 0.29) is 4.90 Å². The Kier molecular flexibility index (Phi) is 4.76. The summed E-state index contributed by atoms with van der Waals surface area (Å²) in [6.07, 6.45) is 0. The van der Waals surface area contributed by atoms with E-state index in [1.54, 1.807) is 18.2 Å². The number of hydrogen-bond donors (Lipinski definition) is 3. The highest BCUT2D eigenvalue weighted by Gasteiger charge is 2.13. The van der Waals surface area contributed by atoms with Crippen LogP contribution in [0.25, 0.3) is 0 Å². The molecule has 0 aliphatic carbocycles. The minimum absolute atomic E-state index is 0.148. The molecule has 1 saturated heterocycles. The van der Waals surface area contributed by atoms with Crippen LogP contribution in [0.15, 0.2) is 29.2 Å². The molecule has 1 fully saturated rings. The summed E-state index contributed by atoms with van der Waals surface area (Å²) in [6.45, 7) is 5.66. The summed E-state index contributed by atoms with van der Waals surface area (Å²) in [5.74, 6) is 0. The summed E-state index contributed by atoms with van der Waals surface area (Å²) < 4.78 is 22.9. The largest absolute Gasteiger partial charge is 0.383 e. The van der Waals surface area contributed by atoms with E-state index in [0.29, 0.717) is 12.2 Å². The Morgan fingerprint density at radius 1 is 1.26 bits per heavy atom. The molecule has 0 saturated carbocycles. The Balaban J connectivity index is 1.92.